The van der Waals surface area contributed by atoms with E-state index in [0.29, 0.717) is 10.9 Å². The van der Waals surface area contributed by atoms with Gasteiger partial charge in [-0.1, -0.05) is 0 Å². The highest BCUT2D eigenvalue weighted by Crippen LogP contribution is 2.17. The van der Waals surface area contributed by atoms with Crippen LogP contribution < -0.4 is 0 Å². The topological polar surface area (TPSA) is 70.2 Å². The Kier molecular flexibility index (Phi) is 2.44. The van der Waals surface area contributed by atoms with Gasteiger partial charge in [0.05, 0.1) is 5.69 Å². The molecule has 2 aromatic rings. The van der Waals surface area contributed by atoms with Crippen LogP contribution in [0.4, 0.5) is 4.39 Å². The van der Waals surface area contributed by atoms with Crippen molar-refractivity contribution in [2.75, 3.05) is 0 Å². The van der Waals surface area contributed by atoms with Gasteiger partial charge >= 0.3 is 5.97 Å². The normalized spacial score (nSPS) is 10.6. The van der Waals surface area contributed by atoms with Crippen molar-refractivity contribution in [3.05, 3.63) is 35.8 Å². The molecular weight excluding hydrogens is 213 g/mol. The number of hydrogen-bond acceptors (Lipinski definition) is 2. The minimum Gasteiger partial charge on any atom is -0.481 e. The molecule has 82 valence electrons. The second kappa shape index (κ2) is 3.77. The summed E-state index contributed by atoms with van der Waals surface area (Å²) in [4.78, 5) is 24.5. The summed E-state index contributed by atoms with van der Waals surface area (Å²) in [5.74, 6) is -2.11. The Balaban J connectivity index is 2.39. The molecule has 0 fully saturated rings. The second-order valence-electron chi connectivity index (χ2n) is 3.41. The molecule has 0 radical (unpaired) electrons. The lowest BCUT2D eigenvalue weighted by Crippen LogP contribution is -2.06. The molecule has 1 heterocycles. The van der Waals surface area contributed by atoms with Crippen molar-refractivity contribution >= 4 is 22.7 Å². The number of carbonyl (C=O) groups excluding carboxylic acids is 1. The van der Waals surface area contributed by atoms with Crippen molar-refractivity contribution in [1.29, 1.82) is 0 Å². The van der Waals surface area contributed by atoms with Crippen LogP contribution in [0, 0.1) is 5.82 Å². The Bertz CT molecular complexity index is 574. The first kappa shape index (κ1) is 10.4. The molecule has 1 aromatic heterocycles. The van der Waals surface area contributed by atoms with Gasteiger partial charge in [0.15, 0.2) is 5.78 Å². The lowest BCUT2D eigenvalue weighted by Gasteiger charge is -1.91. The van der Waals surface area contributed by atoms with Crippen LogP contribution in [0.5, 0.6) is 0 Å². The van der Waals surface area contributed by atoms with E-state index in [4.69, 9.17) is 5.11 Å². The quantitative estimate of drug-likeness (QED) is 0.614. The number of fused-ring (bicyclic) bond motifs is 1. The van der Waals surface area contributed by atoms with E-state index < -0.39 is 24.0 Å². The van der Waals surface area contributed by atoms with Gasteiger partial charge in [0.25, 0.3) is 0 Å². The number of carboxylic acids is 1. The fourth-order valence-electron chi connectivity index (χ4n) is 1.49. The summed E-state index contributed by atoms with van der Waals surface area (Å²) in [6.45, 7) is 0. The standard InChI is InChI=1S/C11H8FNO3/c12-7-1-2-8-6(3-7)4-9(13-8)10(14)5-11(15)16/h1-4,13H,5H2,(H,15,16). The highest BCUT2D eigenvalue weighted by Gasteiger charge is 2.13. The fourth-order valence-corrected chi connectivity index (χ4v) is 1.49. The van der Waals surface area contributed by atoms with Crippen LogP contribution in [0.1, 0.15) is 16.9 Å². The van der Waals surface area contributed by atoms with E-state index in [1.165, 1.54) is 24.3 Å². The molecule has 2 rings (SSSR count). The number of hydrogen-bond donors (Lipinski definition) is 2. The fraction of sp³-hybridized carbons (Fsp3) is 0.0909. The molecule has 0 saturated heterocycles. The molecule has 0 aliphatic carbocycles. The Morgan fingerprint density at radius 2 is 2.06 bits per heavy atom. The maximum atomic E-state index is 12.9. The minimum atomic E-state index is -1.19. The van der Waals surface area contributed by atoms with Crippen LogP contribution in [0.2, 0.25) is 0 Å². The van der Waals surface area contributed by atoms with E-state index in [1.807, 2.05) is 0 Å². The highest BCUT2D eigenvalue weighted by molar-refractivity contribution is 6.06. The number of ketones is 1. The average Bonchev–Trinajstić information content (AvgIpc) is 2.59. The molecule has 16 heavy (non-hydrogen) atoms. The van der Waals surface area contributed by atoms with Gasteiger partial charge in [-0.05, 0) is 24.3 Å². The number of H-pyrrole nitrogens is 1. The Hall–Kier alpha value is -2.17. The van der Waals surface area contributed by atoms with Crippen molar-refractivity contribution in [2.45, 2.75) is 6.42 Å². The van der Waals surface area contributed by atoms with Gasteiger partial charge < -0.3 is 10.1 Å². The summed E-state index contributed by atoms with van der Waals surface area (Å²) in [7, 11) is 0. The van der Waals surface area contributed by atoms with Crippen LogP contribution in [0.3, 0.4) is 0 Å². The number of aromatic amines is 1. The van der Waals surface area contributed by atoms with Crippen LogP contribution in [-0.4, -0.2) is 21.8 Å². The lowest BCUT2D eigenvalue weighted by atomic mass is 10.2. The monoisotopic (exact) mass is 221 g/mol. The Morgan fingerprint density at radius 3 is 2.75 bits per heavy atom. The molecule has 5 heteroatoms. The predicted octanol–water partition coefficient (Wildman–Crippen LogP) is 1.96. The second-order valence-corrected chi connectivity index (χ2v) is 3.41. The number of aromatic nitrogens is 1. The summed E-state index contributed by atoms with van der Waals surface area (Å²) < 4.78 is 12.9. The third-order valence-corrected chi connectivity index (χ3v) is 2.19. The summed E-state index contributed by atoms with van der Waals surface area (Å²) in [6, 6.07) is 5.50. The molecule has 0 bridgehead atoms. The summed E-state index contributed by atoms with van der Waals surface area (Å²) in [5, 5.41) is 9.02. The molecule has 4 nitrogen and oxygen atoms in total. The maximum absolute atomic E-state index is 12.9. The number of halogens is 1. The number of benzene rings is 1. The van der Waals surface area contributed by atoms with Crippen molar-refractivity contribution in [1.82, 2.24) is 4.98 Å². The minimum absolute atomic E-state index is 0.183. The molecule has 0 aliphatic heterocycles. The van der Waals surface area contributed by atoms with Gasteiger partial charge in [-0.2, -0.15) is 0 Å². The Labute approximate surface area is 89.7 Å². The molecule has 1 aromatic carbocycles. The number of nitrogens with one attached hydrogen (secondary N) is 1. The van der Waals surface area contributed by atoms with E-state index in [-0.39, 0.29) is 5.69 Å². The van der Waals surface area contributed by atoms with Gasteiger partial charge in [-0.15, -0.1) is 0 Å². The van der Waals surface area contributed by atoms with Gasteiger partial charge in [0, 0.05) is 10.9 Å². The molecule has 0 unspecified atom stereocenters. The van der Waals surface area contributed by atoms with Crippen LogP contribution >= 0.6 is 0 Å². The van der Waals surface area contributed by atoms with Gasteiger partial charge in [0.1, 0.15) is 12.2 Å². The van der Waals surface area contributed by atoms with E-state index >= 15 is 0 Å². The number of aliphatic carboxylic acids is 1. The van der Waals surface area contributed by atoms with Crippen molar-refractivity contribution < 1.29 is 19.1 Å². The zero-order valence-electron chi connectivity index (χ0n) is 8.16. The molecule has 2 N–H and O–H groups in total. The first-order chi connectivity index (χ1) is 7.56. The third-order valence-electron chi connectivity index (χ3n) is 2.19. The zero-order chi connectivity index (χ0) is 11.7. The van der Waals surface area contributed by atoms with E-state index in [2.05, 4.69) is 4.98 Å². The number of Topliss-reactive ketones (excluding diaryl/α,β-unsaturated/α-hetero) is 1. The zero-order valence-corrected chi connectivity index (χ0v) is 8.16. The molecule has 0 saturated carbocycles. The smallest absolute Gasteiger partial charge is 0.311 e. The van der Waals surface area contributed by atoms with E-state index in [9.17, 15) is 14.0 Å². The predicted molar refractivity (Wildman–Crippen MR) is 54.8 cm³/mol. The summed E-state index contributed by atoms with van der Waals surface area (Å²) >= 11 is 0. The van der Waals surface area contributed by atoms with Crippen LogP contribution in [0.25, 0.3) is 10.9 Å². The van der Waals surface area contributed by atoms with E-state index in [1.54, 1.807) is 0 Å². The maximum Gasteiger partial charge on any atom is 0.311 e. The average molecular weight is 221 g/mol. The number of carboxylic acid groups (broad SMARTS) is 1. The van der Waals surface area contributed by atoms with Crippen molar-refractivity contribution in [3.8, 4) is 0 Å². The van der Waals surface area contributed by atoms with Crippen LogP contribution in [0.15, 0.2) is 24.3 Å². The number of carbonyl (C=O) groups is 2. The van der Waals surface area contributed by atoms with Crippen LogP contribution in [-0.2, 0) is 4.79 Å². The van der Waals surface area contributed by atoms with Gasteiger partial charge in [-0.3, -0.25) is 9.59 Å². The first-order valence-corrected chi connectivity index (χ1v) is 4.59. The highest BCUT2D eigenvalue weighted by atomic mass is 19.1. The van der Waals surface area contributed by atoms with Gasteiger partial charge in [-0.25, -0.2) is 4.39 Å². The molecule has 0 spiro atoms. The number of rotatable bonds is 3. The van der Waals surface area contributed by atoms with Crippen molar-refractivity contribution in [3.63, 3.8) is 0 Å². The Morgan fingerprint density at radius 1 is 1.31 bits per heavy atom. The lowest BCUT2D eigenvalue weighted by molar-refractivity contribution is -0.135. The van der Waals surface area contributed by atoms with E-state index in [0.717, 1.165) is 0 Å². The SMILES string of the molecule is O=C(O)CC(=O)c1cc2cc(F)ccc2[nH]1. The third kappa shape index (κ3) is 1.93. The summed E-state index contributed by atoms with van der Waals surface area (Å²) in [5.41, 5.74) is 0.790. The molecule has 0 aliphatic rings. The van der Waals surface area contributed by atoms with Crippen molar-refractivity contribution in [2.24, 2.45) is 0 Å². The summed E-state index contributed by atoms with van der Waals surface area (Å²) in [6.07, 6.45) is -0.574. The molecule has 0 atom stereocenters. The molecule has 0 amide bonds. The first-order valence-electron chi connectivity index (χ1n) is 4.59. The molecular formula is C11H8FNO3. The largest absolute Gasteiger partial charge is 0.481 e. The van der Waals surface area contributed by atoms with Gasteiger partial charge in [0.2, 0.25) is 0 Å².